The number of fused-ring (bicyclic) bond motifs is 2. The summed E-state index contributed by atoms with van der Waals surface area (Å²) in [6, 6.07) is 25.3. The number of carboxylic acid groups (broad SMARTS) is 1. The largest absolute Gasteiger partial charge is 0.481 e. The number of aliphatic carboxylic acids is 1. The van der Waals surface area contributed by atoms with Gasteiger partial charge in [-0.15, -0.1) is 0 Å². The number of nitrogens with one attached hydrogen (secondary N) is 2. The Hall–Kier alpha value is -4.39. The van der Waals surface area contributed by atoms with Crippen molar-refractivity contribution >= 4 is 34.4 Å². The van der Waals surface area contributed by atoms with E-state index in [0.717, 1.165) is 22.0 Å². The number of rotatable bonds is 8. The fourth-order valence-corrected chi connectivity index (χ4v) is 4.94. The number of aryl methyl sites for hydroxylation is 1. The van der Waals surface area contributed by atoms with Crippen LogP contribution in [0.25, 0.3) is 10.9 Å². The van der Waals surface area contributed by atoms with Crippen molar-refractivity contribution in [2.75, 3.05) is 4.90 Å². The molecule has 2 amide bonds. The zero-order valence-electron chi connectivity index (χ0n) is 19.7. The van der Waals surface area contributed by atoms with Crippen molar-refractivity contribution in [2.24, 2.45) is 0 Å². The van der Waals surface area contributed by atoms with E-state index in [-0.39, 0.29) is 18.2 Å². The Morgan fingerprint density at radius 2 is 1.69 bits per heavy atom. The monoisotopic (exact) mass is 481 g/mol. The first-order chi connectivity index (χ1) is 17.5. The van der Waals surface area contributed by atoms with Crippen molar-refractivity contribution < 1.29 is 19.5 Å². The minimum atomic E-state index is -0.964. The number of amides is 2. The van der Waals surface area contributed by atoms with E-state index in [1.165, 1.54) is 0 Å². The Kier molecular flexibility index (Phi) is 6.54. The lowest BCUT2D eigenvalue weighted by molar-refractivity contribution is -0.137. The van der Waals surface area contributed by atoms with Gasteiger partial charge in [-0.25, -0.2) is 0 Å². The predicted molar refractivity (Wildman–Crippen MR) is 138 cm³/mol. The van der Waals surface area contributed by atoms with Gasteiger partial charge < -0.3 is 20.3 Å². The topological polar surface area (TPSA) is 102 Å². The summed E-state index contributed by atoms with van der Waals surface area (Å²) >= 11 is 0. The van der Waals surface area contributed by atoms with E-state index in [9.17, 15) is 19.5 Å². The molecule has 0 aliphatic carbocycles. The van der Waals surface area contributed by atoms with E-state index in [1.54, 1.807) is 11.0 Å². The fraction of sp³-hybridized carbons (Fsp3) is 0.207. The molecular weight excluding hydrogens is 454 g/mol. The first-order valence-corrected chi connectivity index (χ1v) is 12.0. The zero-order valence-corrected chi connectivity index (χ0v) is 19.7. The molecule has 0 saturated carbocycles. The maximum Gasteiger partial charge on any atom is 0.305 e. The number of hydrogen-bond acceptors (Lipinski definition) is 3. The molecule has 2 atom stereocenters. The molecule has 1 aliphatic rings. The molecule has 7 heteroatoms. The summed E-state index contributed by atoms with van der Waals surface area (Å²) in [7, 11) is 0. The van der Waals surface area contributed by atoms with Gasteiger partial charge in [-0.05, 0) is 48.6 Å². The average molecular weight is 482 g/mol. The van der Waals surface area contributed by atoms with E-state index in [2.05, 4.69) is 10.3 Å². The van der Waals surface area contributed by atoms with Crippen molar-refractivity contribution in [3.8, 4) is 0 Å². The van der Waals surface area contributed by atoms with Gasteiger partial charge in [-0.3, -0.25) is 14.4 Å². The van der Waals surface area contributed by atoms with Gasteiger partial charge in [0.15, 0.2) is 0 Å². The van der Waals surface area contributed by atoms with Gasteiger partial charge in [0.25, 0.3) is 5.91 Å². The molecule has 4 aromatic rings. The van der Waals surface area contributed by atoms with E-state index in [1.807, 2.05) is 78.9 Å². The second kappa shape index (κ2) is 10.1. The molecular formula is C29H27N3O4. The van der Waals surface area contributed by atoms with Crippen molar-refractivity contribution in [1.82, 2.24) is 10.3 Å². The Bertz CT molecular complexity index is 1380. The molecule has 0 bridgehead atoms. The number of benzene rings is 3. The Balaban J connectivity index is 1.44. The van der Waals surface area contributed by atoms with Crippen LogP contribution < -0.4 is 10.2 Å². The molecule has 2 heterocycles. The molecule has 5 rings (SSSR count). The SMILES string of the molecule is O=C(O)C[C@H]1Cc2ccccc2N1C(=O)C(CCc1ccccc1)NC(=O)c1cc2ccccc2[nH]1. The van der Waals surface area contributed by atoms with Crippen LogP contribution in [0.4, 0.5) is 5.69 Å². The van der Waals surface area contributed by atoms with Crippen LogP contribution in [0.5, 0.6) is 0 Å². The molecule has 3 N–H and O–H groups in total. The molecule has 182 valence electrons. The maximum atomic E-state index is 14.0. The minimum Gasteiger partial charge on any atom is -0.481 e. The van der Waals surface area contributed by atoms with Crippen LogP contribution in [0, 0.1) is 0 Å². The lowest BCUT2D eigenvalue weighted by Gasteiger charge is -2.29. The van der Waals surface area contributed by atoms with Crippen LogP contribution >= 0.6 is 0 Å². The van der Waals surface area contributed by atoms with Crippen LogP contribution in [-0.2, 0) is 22.4 Å². The first-order valence-electron chi connectivity index (χ1n) is 12.0. The number of carbonyl (C=O) groups is 3. The van der Waals surface area contributed by atoms with Gasteiger partial charge in [0.1, 0.15) is 11.7 Å². The second-order valence-corrected chi connectivity index (χ2v) is 9.11. The quantitative estimate of drug-likeness (QED) is 0.349. The van der Waals surface area contributed by atoms with Crippen LogP contribution in [0.3, 0.4) is 0 Å². The number of H-pyrrole nitrogens is 1. The highest BCUT2D eigenvalue weighted by Crippen LogP contribution is 2.34. The third-order valence-corrected chi connectivity index (χ3v) is 6.66. The van der Waals surface area contributed by atoms with Crippen LogP contribution in [0.2, 0.25) is 0 Å². The molecule has 1 aromatic heterocycles. The number of para-hydroxylation sites is 2. The third kappa shape index (κ3) is 4.86. The van der Waals surface area contributed by atoms with Gasteiger partial charge >= 0.3 is 5.97 Å². The maximum absolute atomic E-state index is 14.0. The van der Waals surface area contributed by atoms with Crippen LogP contribution in [0.15, 0.2) is 84.9 Å². The lowest BCUT2D eigenvalue weighted by atomic mass is 10.0. The first kappa shape index (κ1) is 23.4. The molecule has 36 heavy (non-hydrogen) atoms. The fourth-order valence-electron chi connectivity index (χ4n) is 4.94. The van der Waals surface area contributed by atoms with Gasteiger partial charge in [0.2, 0.25) is 5.91 Å². The van der Waals surface area contributed by atoms with Crippen molar-refractivity contribution in [3.05, 3.63) is 102 Å². The lowest BCUT2D eigenvalue weighted by Crippen LogP contribution is -2.51. The van der Waals surface area contributed by atoms with E-state index >= 15 is 0 Å². The minimum absolute atomic E-state index is 0.165. The number of aromatic nitrogens is 1. The van der Waals surface area contributed by atoms with E-state index in [0.29, 0.717) is 30.6 Å². The molecule has 0 spiro atoms. The predicted octanol–water partition coefficient (Wildman–Crippen LogP) is 4.33. The summed E-state index contributed by atoms with van der Waals surface area (Å²) in [5.41, 5.74) is 3.90. The average Bonchev–Trinajstić information content (AvgIpc) is 3.47. The third-order valence-electron chi connectivity index (χ3n) is 6.66. The number of hydrogen-bond donors (Lipinski definition) is 3. The number of aromatic amines is 1. The number of carbonyl (C=O) groups excluding carboxylic acids is 2. The molecule has 0 radical (unpaired) electrons. The van der Waals surface area contributed by atoms with E-state index < -0.39 is 18.1 Å². The van der Waals surface area contributed by atoms with Gasteiger partial charge in [-0.1, -0.05) is 66.7 Å². The zero-order chi connectivity index (χ0) is 25.1. The Morgan fingerprint density at radius 3 is 2.47 bits per heavy atom. The van der Waals surface area contributed by atoms with Crippen molar-refractivity contribution in [1.29, 1.82) is 0 Å². The summed E-state index contributed by atoms with van der Waals surface area (Å²) < 4.78 is 0. The molecule has 1 aliphatic heterocycles. The number of nitrogens with zero attached hydrogens (tertiary/aromatic N) is 1. The van der Waals surface area contributed by atoms with Crippen molar-refractivity contribution in [2.45, 2.75) is 37.8 Å². The smallest absolute Gasteiger partial charge is 0.305 e. The summed E-state index contributed by atoms with van der Waals surface area (Å²) in [5, 5.41) is 13.3. The highest BCUT2D eigenvalue weighted by atomic mass is 16.4. The highest BCUT2D eigenvalue weighted by molar-refractivity contribution is 6.04. The molecule has 7 nitrogen and oxygen atoms in total. The van der Waals surface area contributed by atoms with Gasteiger partial charge in [0, 0.05) is 16.6 Å². The molecule has 0 fully saturated rings. The van der Waals surface area contributed by atoms with Crippen LogP contribution in [-0.4, -0.2) is 40.0 Å². The standard InChI is InChI=1S/C29H27N3O4/c33-27(34)18-22-16-21-11-5-7-13-26(21)32(22)29(36)24(15-14-19-8-2-1-3-9-19)31-28(35)25-17-20-10-4-6-12-23(20)30-25/h1-13,17,22,24,30H,14-16,18H2,(H,31,35)(H,33,34)/t22-,24?/m1/s1. The molecule has 3 aromatic carbocycles. The molecule has 1 unspecified atom stereocenters. The number of anilines is 1. The van der Waals surface area contributed by atoms with Crippen molar-refractivity contribution in [3.63, 3.8) is 0 Å². The summed E-state index contributed by atoms with van der Waals surface area (Å²) in [6.45, 7) is 0. The van der Waals surface area contributed by atoms with Gasteiger partial charge in [-0.2, -0.15) is 0 Å². The van der Waals surface area contributed by atoms with Gasteiger partial charge in [0.05, 0.1) is 12.5 Å². The molecule has 0 saturated heterocycles. The Morgan fingerprint density at radius 1 is 0.972 bits per heavy atom. The normalized spacial score (nSPS) is 15.4. The highest BCUT2D eigenvalue weighted by Gasteiger charge is 2.38. The summed E-state index contributed by atoms with van der Waals surface area (Å²) in [4.78, 5) is 43.5. The van der Waals surface area contributed by atoms with E-state index in [4.69, 9.17) is 0 Å². The number of carboxylic acids is 1. The summed E-state index contributed by atoms with van der Waals surface area (Å²) in [5.74, 6) is -1.64. The van der Waals surface area contributed by atoms with Crippen LogP contribution in [0.1, 0.15) is 34.5 Å². The Labute approximate surface area is 208 Å². The summed E-state index contributed by atoms with van der Waals surface area (Å²) in [6.07, 6.45) is 1.27. The second-order valence-electron chi connectivity index (χ2n) is 9.11.